The Labute approximate surface area is 176 Å². The molecule has 3 aromatic rings. The maximum Gasteiger partial charge on any atom is 0.255 e. The summed E-state index contributed by atoms with van der Waals surface area (Å²) in [6.45, 7) is 2.01. The number of para-hydroxylation sites is 1. The maximum absolute atomic E-state index is 12.8. The molecular formula is C25H24N2O3. The van der Waals surface area contributed by atoms with Crippen LogP contribution in [0.15, 0.2) is 78.9 Å². The van der Waals surface area contributed by atoms with E-state index in [0.717, 1.165) is 31.5 Å². The Morgan fingerprint density at radius 1 is 0.833 bits per heavy atom. The molecule has 0 bridgehead atoms. The highest BCUT2D eigenvalue weighted by atomic mass is 16.5. The second-order valence-electron chi connectivity index (χ2n) is 7.30. The second kappa shape index (κ2) is 9.27. The van der Waals surface area contributed by atoms with Crippen molar-refractivity contribution >= 4 is 17.5 Å². The van der Waals surface area contributed by atoms with Crippen molar-refractivity contribution in [3.63, 3.8) is 0 Å². The molecule has 0 aliphatic carbocycles. The number of hydrogen-bond donors (Lipinski definition) is 1. The zero-order chi connectivity index (χ0) is 20.8. The van der Waals surface area contributed by atoms with Gasteiger partial charge in [0.25, 0.3) is 11.8 Å². The van der Waals surface area contributed by atoms with Crippen LogP contribution in [-0.4, -0.2) is 29.8 Å². The fourth-order valence-corrected chi connectivity index (χ4v) is 3.51. The number of rotatable bonds is 6. The van der Waals surface area contributed by atoms with E-state index >= 15 is 0 Å². The van der Waals surface area contributed by atoms with Crippen LogP contribution in [0.1, 0.15) is 39.1 Å². The smallest absolute Gasteiger partial charge is 0.255 e. The molecule has 5 nitrogen and oxygen atoms in total. The van der Waals surface area contributed by atoms with E-state index in [4.69, 9.17) is 4.74 Å². The van der Waals surface area contributed by atoms with Gasteiger partial charge >= 0.3 is 0 Å². The Bertz CT molecular complexity index is 1010. The van der Waals surface area contributed by atoms with E-state index in [0.29, 0.717) is 29.2 Å². The third kappa shape index (κ3) is 4.69. The van der Waals surface area contributed by atoms with E-state index in [2.05, 4.69) is 5.32 Å². The van der Waals surface area contributed by atoms with Crippen molar-refractivity contribution in [1.29, 1.82) is 0 Å². The average Bonchev–Trinajstić information content (AvgIpc) is 3.34. The van der Waals surface area contributed by atoms with Gasteiger partial charge in [-0.25, -0.2) is 0 Å². The maximum atomic E-state index is 12.8. The largest absolute Gasteiger partial charge is 0.489 e. The SMILES string of the molecule is O=C(Nc1ccccc1C(=O)N1CCCC1)c1ccc(OCc2ccccc2)cc1. The van der Waals surface area contributed by atoms with Gasteiger partial charge in [0.05, 0.1) is 11.3 Å². The van der Waals surface area contributed by atoms with Crippen LogP contribution in [-0.2, 0) is 6.61 Å². The van der Waals surface area contributed by atoms with Crippen molar-refractivity contribution in [3.05, 3.63) is 95.6 Å². The number of likely N-dealkylation sites (tertiary alicyclic amines) is 1. The molecule has 1 N–H and O–H groups in total. The molecule has 0 unspecified atom stereocenters. The van der Waals surface area contributed by atoms with Crippen LogP contribution in [0, 0.1) is 0 Å². The van der Waals surface area contributed by atoms with Gasteiger partial charge in [-0.1, -0.05) is 42.5 Å². The summed E-state index contributed by atoms with van der Waals surface area (Å²) in [6.07, 6.45) is 2.05. The van der Waals surface area contributed by atoms with Crippen molar-refractivity contribution in [2.75, 3.05) is 18.4 Å². The van der Waals surface area contributed by atoms with Crippen LogP contribution in [0.3, 0.4) is 0 Å². The molecule has 1 aliphatic heterocycles. The second-order valence-corrected chi connectivity index (χ2v) is 7.30. The molecule has 0 radical (unpaired) electrons. The van der Waals surface area contributed by atoms with Gasteiger partial charge in [-0.3, -0.25) is 9.59 Å². The summed E-state index contributed by atoms with van der Waals surface area (Å²) in [7, 11) is 0. The highest BCUT2D eigenvalue weighted by Crippen LogP contribution is 2.21. The van der Waals surface area contributed by atoms with Gasteiger partial charge in [-0.05, 0) is 54.8 Å². The zero-order valence-electron chi connectivity index (χ0n) is 16.7. The van der Waals surface area contributed by atoms with Crippen molar-refractivity contribution in [3.8, 4) is 5.75 Å². The highest BCUT2D eigenvalue weighted by molar-refractivity contribution is 6.09. The fourth-order valence-electron chi connectivity index (χ4n) is 3.51. The third-order valence-electron chi connectivity index (χ3n) is 5.16. The first-order valence-corrected chi connectivity index (χ1v) is 10.2. The molecule has 3 aromatic carbocycles. The number of nitrogens with zero attached hydrogens (tertiary/aromatic N) is 1. The van der Waals surface area contributed by atoms with Crippen molar-refractivity contribution in [2.24, 2.45) is 0 Å². The van der Waals surface area contributed by atoms with Crippen LogP contribution >= 0.6 is 0 Å². The third-order valence-corrected chi connectivity index (χ3v) is 5.16. The number of carbonyl (C=O) groups is 2. The fraction of sp³-hybridized carbons (Fsp3) is 0.200. The lowest BCUT2D eigenvalue weighted by Gasteiger charge is -2.18. The molecule has 1 fully saturated rings. The Hall–Kier alpha value is -3.60. The van der Waals surface area contributed by atoms with Gasteiger partial charge < -0.3 is 15.0 Å². The minimum Gasteiger partial charge on any atom is -0.489 e. The van der Waals surface area contributed by atoms with E-state index in [9.17, 15) is 9.59 Å². The summed E-state index contributed by atoms with van der Waals surface area (Å²) in [5.41, 5.74) is 2.64. The Kier molecular flexibility index (Phi) is 6.09. The van der Waals surface area contributed by atoms with Crippen LogP contribution in [0.25, 0.3) is 0 Å². The number of carbonyl (C=O) groups excluding carboxylic acids is 2. The summed E-state index contributed by atoms with van der Waals surface area (Å²) in [5.74, 6) is 0.402. The van der Waals surface area contributed by atoms with Crippen molar-refractivity contribution in [1.82, 2.24) is 4.90 Å². The van der Waals surface area contributed by atoms with Crippen LogP contribution < -0.4 is 10.1 Å². The number of hydrogen-bond acceptors (Lipinski definition) is 3. The molecule has 4 rings (SSSR count). The first-order chi connectivity index (χ1) is 14.7. The lowest BCUT2D eigenvalue weighted by molar-refractivity contribution is 0.0794. The lowest BCUT2D eigenvalue weighted by Crippen LogP contribution is -2.28. The molecule has 0 aromatic heterocycles. The van der Waals surface area contributed by atoms with Gasteiger partial charge in [0.2, 0.25) is 0 Å². The van der Waals surface area contributed by atoms with E-state index < -0.39 is 0 Å². The molecule has 0 spiro atoms. The van der Waals surface area contributed by atoms with E-state index in [1.54, 1.807) is 36.4 Å². The first kappa shape index (κ1) is 19.7. The Morgan fingerprint density at radius 2 is 1.50 bits per heavy atom. The van der Waals surface area contributed by atoms with Gasteiger partial charge in [-0.2, -0.15) is 0 Å². The van der Waals surface area contributed by atoms with E-state index in [1.807, 2.05) is 47.4 Å². The van der Waals surface area contributed by atoms with Crippen LogP contribution in [0.2, 0.25) is 0 Å². The number of benzene rings is 3. The molecule has 2 amide bonds. The Morgan fingerprint density at radius 3 is 2.23 bits per heavy atom. The molecule has 152 valence electrons. The van der Waals surface area contributed by atoms with E-state index in [-0.39, 0.29) is 11.8 Å². The van der Waals surface area contributed by atoms with Gasteiger partial charge in [0.1, 0.15) is 12.4 Å². The molecule has 0 saturated carbocycles. The molecule has 1 saturated heterocycles. The topological polar surface area (TPSA) is 58.6 Å². The molecular weight excluding hydrogens is 376 g/mol. The zero-order valence-corrected chi connectivity index (χ0v) is 16.7. The highest BCUT2D eigenvalue weighted by Gasteiger charge is 2.22. The minimum absolute atomic E-state index is 0.0342. The summed E-state index contributed by atoms with van der Waals surface area (Å²) >= 11 is 0. The van der Waals surface area contributed by atoms with Gasteiger partial charge in [0.15, 0.2) is 0 Å². The quantitative estimate of drug-likeness (QED) is 0.649. The predicted octanol–water partition coefficient (Wildman–Crippen LogP) is 4.75. The lowest BCUT2D eigenvalue weighted by atomic mass is 10.1. The standard InChI is InChI=1S/C25H24N2O3/c28-24(20-12-14-21(15-13-20)30-18-19-8-2-1-3-9-19)26-23-11-5-4-10-22(23)25(29)27-16-6-7-17-27/h1-5,8-15H,6-7,16-18H2,(H,26,28). The van der Waals surface area contributed by atoms with Gasteiger partial charge in [0, 0.05) is 18.7 Å². The molecule has 5 heteroatoms. The first-order valence-electron chi connectivity index (χ1n) is 10.2. The van der Waals surface area contributed by atoms with E-state index in [1.165, 1.54) is 0 Å². The molecule has 1 aliphatic rings. The molecule has 0 atom stereocenters. The minimum atomic E-state index is -0.258. The van der Waals surface area contributed by atoms with Gasteiger partial charge in [-0.15, -0.1) is 0 Å². The molecule has 30 heavy (non-hydrogen) atoms. The summed E-state index contributed by atoms with van der Waals surface area (Å²) in [5, 5.41) is 2.88. The van der Waals surface area contributed by atoms with Crippen molar-refractivity contribution in [2.45, 2.75) is 19.4 Å². The van der Waals surface area contributed by atoms with Crippen molar-refractivity contribution < 1.29 is 14.3 Å². The predicted molar refractivity (Wildman–Crippen MR) is 117 cm³/mol. The summed E-state index contributed by atoms with van der Waals surface area (Å²) in [6, 6.07) is 24.1. The normalized spacial score (nSPS) is 13.1. The molecule has 1 heterocycles. The number of anilines is 1. The monoisotopic (exact) mass is 400 g/mol. The number of ether oxygens (including phenoxy) is 1. The summed E-state index contributed by atoms with van der Waals surface area (Å²) in [4.78, 5) is 27.3. The average molecular weight is 400 g/mol. The number of nitrogens with one attached hydrogen (secondary N) is 1. The number of amides is 2. The van der Waals surface area contributed by atoms with Crippen LogP contribution in [0.5, 0.6) is 5.75 Å². The Balaban J connectivity index is 1.41. The summed E-state index contributed by atoms with van der Waals surface area (Å²) < 4.78 is 5.77. The van der Waals surface area contributed by atoms with Crippen LogP contribution in [0.4, 0.5) is 5.69 Å².